The summed E-state index contributed by atoms with van der Waals surface area (Å²) in [4.78, 5) is 118. The Morgan fingerprint density at radius 2 is 0.813 bits per heavy atom. The molecule has 3 saturated carbocycles. The van der Waals surface area contributed by atoms with Gasteiger partial charge in [0, 0.05) is 71.6 Å². The molecule has 6 aromatic rings. The van der Waals surface area contributed by atoms with E-state index < -0.39 is 192 Å². The quantitative estimate of drug-likeness (QED) is 0.0746. The zero-order valence-corrected chi connectivity index (χ0v) is 54.9. The molecular weight excluding hydrogens is 1470 g/mol. The first-order valence-electron chi connectivity index (χ1n) is 32.6. The van der Waals surface area contributed by atoms with Crippen LogP contribution >= 0.6 is 0 Å². The van der Waals surface area contributed by atoms with Gasteiger partial charge in [-0.25, -0.2) is 31.1 Å². The second kappa shape index (κ2) is 28.7. The number of amides is 5. The van der Waals surface area contributed by atoms with Crippen LogP contribution in [0.2, 0.25) is 0 Å². The first kappa shape index (κ1) is 76.2. The molecular formula is C67H58F15N9O16. The van der Waals surface area contributed by atoms with Crippen LogP contribution in [0.1, 0.15) is 155 Å². The first-order chi connectivity index (χ1) is 50.2. The molecule has 9 aliphatic rings. The predicted molar refractivity (Wildman–Crippen MR) is 331 cm³/mol. The number of fused-ring (bicyclic) bond motifs is 15. The van der Waals surface area contributed by atoms with Crippen molar-refractivity contribution in [3.8, 4) is 17.2 Å². The molecule has 9 heterocycles. The molecule has 3 unspecified atom stereocenters. The first-order valence-corrected chi connectivity index (χ1v) is 32.6. The Labute approximate surface area is 590 Å². The van der Waals surface area contributed by atoms with E-state index in [1.165, 1.54) is 38.3 Å². The number of carbonyl (C=O) groups excluding carboxylic acids is 5. The second-order valence-electron chi connectivity index (χ2n) is 26.2. The van der Waals surface area contributed by atoms with Gasteiger partial charge in [0.15, 0.2) is 65.1 Å². The maximum Gasteiger partial charge on any atom is 0.412 e. The monoisotopic (exact) mass is 1530 g/mol. The summed E-state index contributed by atoms with van der Waals surface area (Å²) >= 11 is 0. The van der Waals surface area contributed by atoms with Crippen LogP contribution in [0, 0.1) is 34.9 Å². The Hall–Kier alpha value is -10.5. The van der Waals surface area contributed by atoms with Crippen molar-refractivity contribution in [3.05, 3.63) is 189 Å². The largest absolute Gasteiger partial charge is 0.503 e. The molecule has 3 aromatic carbocycles. The molecule has 25 nitrogen and oxygen atoms in total. The number of halogens is 15. The molecule has 3 aromatic heterocycles. The van der Waals surface area contributed by atoms with Crippen molar-refractivity contribution >= 4 is 35.5 Å². The van der Waals surface area contributed by atoms with Crippen molar-refractivity contribution < 1.29 is 129 Å². The van der Waals surface area contributed by atoms with Crippen LogP contribution in [-0.2, 0) is 33.8 Å². The number of nitrogens with one attached hydrogen (secondary N) is 2. The number of aromatic nitrogens is 3. The Kier molecular flexibility index (Phi) is 20.4. The number of benzene rings is 3. The lowest BCUT2D eigenvalue weighted by Crippen LogP contribution is -2.57. The number of carboxylic acid groups (broad SMARTS) is 1. The lowest BCUT2D eigenvalue weighted by molar-refractivity contribution is -0.156. The van der Waals surface area contributed by atoms with Crippen molar-refractivity contribution in [3.63, 3.8) is 0 Å². The fraction of sp³-hybridized carbons (Fsp3) is 0.418. The van der Waals surface area contributed by atoms with E-state index in [1.807, 2.05) is 0 Å². The van der Waals surface area contributed by atoms with Gasteiger partial charge in [-0.15, -0.1) is 0 Å². The Bertz CT molecular complexity index is 4620. The van der Waals surface area contributed by atoms with Crippen LogP contribution in [0.3, 0.4) is 0 Å². The van der Waals surface area contributed by atoms with E-state index in [2.05, 4.69) is 0 Å². The van der Waals surface area contributed by atoms with Gasteiger partial charge < -0.3 is 79.0 Å². The Morgan fingerprint density at radius 1 is 0.486 bits per heavy atom. The maximum atomic E-state index is 14.1. The number of nitrogens with two attached hydrogens (primary N) is 1. The smallest absolute Gasteiger partial charge is 0.412 e. The number of methoxy groups -OCH3 is 1. The van der Waals surface area contributed by atoms with E-state index in [9.17, 15) is 124 Å². The molecule has 40 heteroatoms. The van der Waals surface area contributed by atoms with Gasteiger partial charge in [0.2, 0.25) is 16.3 Å². The molecule has 6 aliphatic heterocycles. The molecule has 15 rings (SSSR count). The number of carboxylic acids is 1. The van der Waals surface area contributed by atoms with Gasteiger partial charge in [-0.2, -0.15) is 39.5 Å². The lowest BCUT2D eigenvalue weighted by Gasteiger charge is -2.44. The third-order valence-electron chi connectivity index (χ3n) is 19.7. The van der Waals surface area contributed by atoms with Crippen LogP contribution < -0.4 is 37.4 Å². The number of alkyl halides is 9. The van der Waals surface area contributed by atoms with Gasteiger partial charge in [-0.3, -0.25) is 38.4 Å². The van der Waals surface area contributed by atoms with Crippen LogP contribution in [0.15, 0.2) is 87.6 Å². The molecule has 572 valence electrons. The highest BCUT2D eigenvalue weighted by molar-refractivity contribution is 6.01. The predicted octanol–water partition coefficient (Wildman–Crippen LogP) is 8.01. The molecule has 6 fully saturated rings. The molecule has 107 heavy (non-hydrogen) atoms. The summed E-state index contributed by atoms with van der Waals surface area (Å²) in [6, 6.07) is -3.91. The summed E-state index contributed by atoms with van der Waals surface area (Å²) in [6.07, 6.45) is -7.36. The molecule has 7 N–H and O–H groups in total. The minimum absolute atomic E-state index is 0.0581. The lowest BCUT2D eigenvalue weighted by atomic mass is 10.0. The van der Waals surface area contributed by atoms with Crippen molar-refractivity contribution in [2.75, 3.05) is 7.11 Å². The van der Waals surface area contributed by atoms with Crippen LogP contribution in [0.5, 0.6) is 17.2 Å². The molecule has 3 aliphatic carbocycles. The summed E-state index contributed by atoms with van der Waals surface area (Å²) in [5, 5.41) is 33.2. The average Bonchev–Trinajstić information content (AvgIpc) is 1.74. The molecule has 3 saturated heterocycles. The van der Waals surface area contributed by atoms with Gasteiger partial charge in [-0.05, 0) is 76.0 Å². The molecule has 0 spiro atoms. The molecule has 0 radical (unpaired) electrons. The topological polar surface area (TPSA) is 326 Å². The number of ether oxygens (including phenoxy) is 4. The number of nitrogens with zero attached hydrogens (tertiary/aromatic N) is 6. The highest BCUT2D eigenvalue weighted by Gasteiger charge is 2.53. The van der Waals surface area contributed by atoms with Crippen LogP contribution in [-0.4, -0.2) is 160 Å². The van der Waals surface area contributed by atoms with Gasteiger partial charge in [0.1, 0.15) is 57.6 Å². The second-order valence-corrected chi connectivity index (χ2v) is 26.2. The highest BCUT2D eigenvalue weighted by atomic mass is 19.4. The summed E-state index contributed by atoms with van der Waals surface area (Å²) in [5.41, 5.74) is -4.52. The summed E-state index contributed by atoms with van der Waals surface area (Å²) in [5.74, 6) is -16.1. The zero-order chi connectivity index (χ0) is 77.7. The number of hydrogen-bond donors (Lipinski definition) is 6. The zero-order valence-electron chi connectivity index (χ0n) is 54.9. The molecule has 6 bridgehead atoms. The Morgan fingerprint density at radius 3 is 1.13 bits per heavy atom. The van der Waals surface area contributed by atoms with E-state index in [-0.39, 0.29) is 79.0 Å². The fourth-order valence-corrected chi connectivity index (χ4v) is 14.8. The normalized spacial score (nSPS) is 23.7. The van der Waals surface area contributed by atoms with Gasteiger partial charge in [-0.1, -0.05) is 18.2 Å². The van der Waals surface area contributed by atoms with Crippen LogP contribution in [0.25, 0.3) is 0 Å². The van der Waals surface area contributed by atoms with Crippen molar-refractivity contribution in [2.24, 2.45) is 5.73 Å². The van der Waals surface area contributed by atoms with E-state index in [1.54, 1.807) is 4.90 Å². The maximum absolute atomic E-state index is 14.1. The van der Waals surface area contributed by atoms with E-state index in [0.29, 0.717) is 68.6 Å². The number of aromatic carboxylic acids is 1. The third-order valence-corrected chi connectivity index (χ3v) is 19.7. The molecule has 12 atom stereocenters. The van der Waals surface area contributed by atoms with Crippen molar-refractivity contribution in [2.45, 2.75) is 169 Å². The Balaban J connectivity index is 0.000000140. The highest BCUT2D eigenvalue weighted by Crippen LogP contribution is 2.44. The van der Waals surface area contributed by atoms with E-state index in [4.69, 9.17) is 24.7 Å². The third kappa shape index (κ3) is 14.6. The van der Waals surface area contributed by atoms with Gasteiger partial charge in [0.25, 0.3) is 29.5 Å². The van der Waals surface area contributed by atoms with Gasteiger partial charge in [0.05, 0.1) is 45.1 Å². The number of hydrogen-bond acceptors (Lipinski definition) is 16. The number of aromatic hydroxyl groups is 2. The van der Waals surface area contributed by atoms with Crippen LogP contribution in [0.4, 0.5) is 65.9 Å². The summed E-state index contributed by atoms with van der Waals surface area (Å²) < 4.78 is 224. The van der Waals surface area contributed by atoms with Crippen molar-refractivity contribution in [1.82, 2.24) is 39.0 Å². The van der Waals surface area contributed by atoms with E-state index in [0.717, 1.165) is 59.7 Å². The fourth-order valence-electron chi connectivity index (χ4n) is 14.8. The number of rotatable bonds is 9. The summed E-state index contributed by atoms with van der Waals surface area (Å²) in [7, 11) is 1.26. The SMILES string of the molecule is COc1c2n(cc(C(=O)O)c1=O)CC1O[C@H]3CC[C@H](C3)N1C2=O.N[C@@H](c1ccc(F)cc1F)C(F)(F)F.O=C(N[C@@H](c1ccc(F)cc1F)C(F)(F)F)c1cn2c(c(O)c1=O)C(=O)N1C(C2)O[C@H]2CC[C@@H]1C2.O=C(N[C@@H](c1ccc(F)cc1F)C(F)(F)F)c1cn2c(c(O)c1=O)C(=O)N1C(C2)O[C@H]2CC[C@@H]1C2. The number of carbonyl (C=O) groups is 6. The average molecular weight is 1530 g/mol. The van der Waals surface area contributed by atoms with E-state index >= 15 is 0 Å². The standard InChI is InChI=1S/2C22H18F5N3O5.C15H16N2O6.C8H6F5N/c2*23-9-1-4-12(14(24)5-9)19(22(25,26)27)28-20(33)13-7-29-8-15-30(10-2-3-11(6-10)35-15)21(34)16(29)18(32)17(13)31;1-22-13-11-14(19)17-7-2-3-8(4-7)23-10(17)6-16(11)5-9(12(13)18)15(20)21;9-4-1-2-5(6(10)3-4)7(14)8(11,12)13/h2*1,4-5,7,10-11,15,19,32H,2-3,6,8H2,(H,28,33);5,7-8,10H,2-4,6H2,1H3,(H,20,21);1-3,7H,14H2/t2*10-,11+,15?,19+;7-,8+,10?;7-/m1110/s1. The number of pyridine rings is 3. The minimum atomic E-state index is -5.20. The molecule has 5 amide bonds. The minimum Gasteiger partial charge on any atom is -0.503 e. The van der Waals surface area contributed by atoms with Gasteiger partial charge >= 0.3 is 24.5 Å². The van der Waals surface area contributed by atoms with Crippen molar-refractivity contribution in [1.29, 1.82) is 0 Å². The summed E-state index contributed by atoms with van der Waals surface area (Å²) in [6.45, 7) is 0.181.